The highest BCUT2D eigenvalue weighted by Gasteiger charge is 2.25. The maximum Gasteiger partial charge on any atom is 0.216 e. The molecule has 1 fully saturated rings. The summed E-state index contributed by atoms with van der Waals surface area (Å²) < 4.78 is 0. The number of likely N-dealkylation sites (tertiary alicyclic amines) is 1. The summed E-state index contributed by atoms with van der Waals surface area (Å²) in [5.41, 5.74) is 4.07. The molecular formula is C28H33N7O. The number of hydrogen-bond acceptors (Lipinski definition) is 6. The number of amides is 1. The molecule has 0 unspecified atom stereocenters. The molecular weight excluding hydrogens is 450 g/mol. The molecule has 2 aromatic heterocycles. The maximum atomic E-state index is 11.2. The van der Waals surface area contributed by atoms with Crippen molar-refractivity contribution in [1.82, 2.24) is 25.2 Å². The van der Waals surface area contributed by atoms with E-state index in [4.69, 9.17) is 9.97 Å². The molecule has 1 atom stereocenters. The first-order chi connectivity index (χ1) is 17.7. The zero-order valence-corrected chi connectivity index (χ0v) is 20.6. The molecule has 8 heteroatoms. The largest absolute Gasteiger partial charge is 0.383 e. The van der Waals surface area contributed by atoms with Crippen molar-refractivity contribution in [2.45, 2.75) is 32.4 Å². The topological polar surface area (TPSA) is 98.0 Å². The SMILES string of the molecule is CC(=O)NCCNc1nc(-c2ccccc2)nc2[nH]c(CN3CCC[C@@H]3CNc3ccccc3)cc12. The summed E-state index contributed by atoms with van der Waals surface area (Å²) in [6.07, 6.45) is 2.39. The average molecular weight is 484 g/mol. The van der Waals surface area contributed by atoms with Gasteiger partial charge in [-0.1, -0.05) is 48.5 Å². The Morgan fingerprint density at radius 3 is 2.58 bits per heavy atom. The van der Waals surface area contributed by atoms with Crippen LogP contribution in [-0.2, 0) is 11.3 Å². The Balaban J connectivity index is 1.35. The zero-order valence-electron chi connectivity index (χ0n) is 20.6. The second-order valence-corrected chi connectivity index (χ2v) is 9.24. The minimum atomic E-state index is -0.0412. The van der Waals surface area contributed by atoms with Gasteiger partial charge in [0.05, 0.1) is 5.39 Å². The number of aromatic amines is 1. The van der Waals surface area contributed by atoms with Crippen molar-refractivity contribution in [2.24, 2.45) is 0 Å². The number of anilines is 2. The molecule has 4 N–H and O–H groups in total. The van der Waals surface area contributed by atoms with Crippen molar-refractivity contribution >= 4 is 28.4 Å². The lowest BCUT2D eigenvalue weighted by Crippen LogP contribution is -2.34. The number of carbonyl (C=O) groups excluding carboxylic acids is 1. The molecule has 4 aromatic rings. The molecule has 36 heavy (non-hydrogen) atoms. The predicted octanol–water partition coefficient (Wildman–Crippen LogP) is 4.25. The average Bonchev–Trinajstić information content (AvgIpc) is 3.52. The molecule has 1 aliphatic heterocycles. The van der Waals surface area contributed by atoms with Crippen LogP contribution in [0.1, 0.15) is 25.5 Å². The van der Waals surface area contributed by atoms with Gasteiger partial charge in [-0.25, -0.2) is 9.97 Å². The molecule has 8 nitrogen and oxygen atoms in total. The Morgan fingerprint density at radius 2 is 1.81 bits per heavy atom. The van der Waals surface area contributed by atoms with E-state index in [0.717, 1.165) is 53.4 Å². The third-order valence-electron chi connectivity index (χ3n) is 6.55. The highest BCUT2D eigenvalue weighted by atomic mass is 16.1. The van der Waals surface area contributed by atoms with E-state index in [-0.39, 0.29) is 5.91 Å². The Bertz CT molecular complexity index is 1290. The van der Waals surface area contributed by atoms with Crippen molar-refractivity contribution in [1.29, 1.82) is 0 Å². The summed E-state index contributed by atoms with van der Waals surface area (Å²) >= 11 is 0. The molecule has 3 heterocycles. The monoisotopic (exact) mass is 483 g/mol. The zero-order chi connectivity index (χ0) is 24.7. The second-order valence-electron chi connectivity index (χ2n) is 9.24. The molecule has 1 amide bonds. The van der Waals surface area contributed by atoms with E-state index in [9.17, 15) is 4.79 Å². The van der Waals surface area contributed by atoms with Crippen LogP contribution in [0.3, 0.4) is 0 Å². The fourth-order valence-corrected chi connectivity index (χ4v) is 4.76. The number of fused-ring (bicyclic) bond motifs is 1. The Morgan fingerprint density at radius 1 is 1.03 bits per heavy atom. The lowest BCUT2D eigenvalue weighted by atomic mass is 10.2. The minimum Gasteiger partial charge on any atom is -0.383 e. The third kappa shape index (κ3) is 5.83. The third-order valence-corrected chi connectivity index (χ3v) is 6.55. The van der Waals surface area contributed by atoms with Crippen molar-refractivity contribution in [2.75, 3.05) is 36.8 Å². The van der Waals surface area contributed by atoms with Crippen LogP contribution in [0.5, 0.6) is 0 Å². The molecule has 0 spiro atoms. The van der Waals surface area contributed by atoms with Crippen molar-refractivity contribution < 1.29 is 4.79 Å². The van der Waals surface area contributed by atoms with E-state index in [1.807, 2.05) is 36.4 Å². The molecule has 0 saturated carbocycles. The number of rotatable bonds is 10. The lowest BCUT2D eigenvalue weighted by Gasteiger charge is -2.24. The fraction of sp³-hybridized carbons (Fsp3) is 0.321. The van der Waals surface area contributed by atoms with Crippen LogP contribution >= 0.6 is 0 Å². The van der Waals surface area contributed by atoms with Gasteiger partial charge in [0.15, 0.2) is 5.82 Å². The van der Waals surface area contributed by atoms with Crippen molar-refractivity contribution in [3.05, 3.63) is 72.4 Å². The summed E-state index contributed by atoms with van der Waals surface area (Å²) in [6.45, 7) is 5.49. The predicted molar refractivity (Wildman–Crippen MR) is 145 cm³/mol. The normalized spacial score (nSPS) is 15.8. The fourth-order valence-electron chi connectivity index (χ4n) is 4.76. The van der Waals surface area contributed by atoms with Gasteiger partial charge in [-0.3, -0.25) is 9.69 Å². The minimum absolute atomic E-state index is 0.0412. The number of nitrogens with zero attached hydrogens (tertiary/aromatic N) is 3. The van der Waals surface area contributed by atoms with Crippen molar-refractivity contribution in [3.8, 4) is 11.4 Å². The van der Waals surface area contributed by atoms with Gasteiger partial charge >= 0.3 is 0 Å². The van der Waals surface area contributed by atoms with Crippen LogP contribution in [-0.4, -0.2) is 58.0 Å². The van der Waals surface area contributed by atoms with Gasteiger partial charge in [-0.2, -0.15) is 0 Å². The van der Waals surface area contributed by atoms with Crippen LogP contribution in [0.15, 0.2) is 66.7 Å². The molecule has 186 valence electrons. The van der Waals surface area contributed by atoms with Gasteiger partial charge in [-0.05, 0) is 37.6 Å². The molecule has 0 radical (unpaired) electrons. The summed E-state index contributed by atoms with van der Waals surface area (Å²) in [5, 5.41) is 10.8. The van der Waals surface area contributed by atoms with Gasteiger partial charge in [0.25, 0.3) is 0 Å². The first-order valence-corrected chi connectivity index (χ1v) is 12.6. The second kappa shape index (κ2) is 11.2. The summed E-state index contributed by atoms with van der Waals surface area (Å²) in [6, 6.07) is 23.0. The first-order valence-electron chi connectivity index (χ1n) is 12.6. The number of benzene rings is 2. The number of nitrogens with one attached hydrogen (secondary N) is 4. The van der Waals surface area contributed by atoms with E-state index in [1.54, 1.807) is 0 Å². The van der Waals surface area contributed by atoms with Crippen LogP contribution in [0, 0.1) is 0 Å². The maximum absolute atomic E-state index is 11.2. The smallest absolute Gasteiger partial charge is 0.216 e. The number of hydrogen-bond donors (Lipinski definition) is 4. The lowest BCUT2D eigenvalue weighted by molar-refractivity contribution is -0.118. The van der Waals surface area contributed by atoms with Gasteiger partial charge in [-0.15, -0.1) is 0 Å². The molecule has 1 aliphatic rings. The highest BCUT2D eigenvalue weighted by molar-refractivity contribution is 5.89. The number of para-hydroxylation sites is 1. The van der Waals surface area contributed by atoms with E-state index >= 15 is 0 Å². The van der Waals surface area contributed by atoms with Gasteiger partial charge in [0.2, 0.25) is 5.91 Å². The van der Waals surface area contributed by atoms with Crippen molar-refractivity contribution in [3.63, 3.8) is 0 Å². The Kier molecular flexibility index (Phi) is 7.42. The van der Waals surface area contributed by atoms with Crippen LogP contribution in [0.4, 0.5) is 11.5 Å². The summed E-state index contributed by atoms with van der Waals surface area (Å²) in [7, 11) is 0. The standard InChI is InChI=1S/C28H33N7O/c1-20(36)29-14-15-30-27-25-17-23(32-28(25)34-26(33-27)21-9-4-2-5-10-21)19-35-16-8-13-24(35)18-31-22-11-6-3-7-12-22/h2-7,9-12,17,24,31H,8,13-16,18-19H2,1H3,(H,29,36)(H2,30,32,33,34)/t24-/m1/s1. The van der Waals surface area contributed by atoms with E-state index in [2.05, 4.69) is 56.2 Å². The summed E-state index contributed by atoms with van der Waals surface area (Å²) in [5.74, 6) is 1.40. The van der Waals surface area contributed by atoms with Crippen LogP contribution in [0.25, 0.3) is 22.4 Å². The molecule has 5 rings (SSSR count). The number of carbonyl (C=O) groups is 1. The quantitative estimate of drug-likeness (QED) is 0.252. The Hall–Kier alpha value is -3.91. The van der Waals surface area contributed by atoms with Gasteiger partial charge < -0.3 is 20.9 Å². The Labute approximate surface area is 211 Å². The molecule has 0 bridgehead atoms. The first kappa shape index (κ1) is 23.8. The van der Waals surface area contributed by atoms with E-state index in [1.165, 1.54) is 19.8 Å². The van der Waals surface area contributed by atoms with Crippen LogP contribution in [0.2, 0.25) is 0 Å². The number of aromatic nitrogens is 3. The summed E-state index contributed by atoms with van der Waals surface area (Å²) in [4.78, 5) is 27.0. The van der Waals surface area contributed by atoms with Crippen LogP contribution < -0.4 is 16.0 Å². The van der Waals surface area contributed by atoms with E-state index < -0.39 is 0 Å². The highest BCUT2D eigenvalue weighted by Crippen LogP contribution is 2.27. The van der Waals surface area contributed by atoms with Gasteiger partial charge in [0, 0.05) is 56.1 Å². The number of H-pyrrole nitrogens is 1. The molecule has 1 saturated heterocycles. The van der Waals surface area contributed by atoms with E-state index in [0.29, 0.717) is 25.0 Å². The molecule has 2 aromatic carbocycles. The molecule has 0 aliphatic carbocycles. The van der Waals surface area contributed by atoms with Gasteiger partial charge in [0.1, 0.15) is 11.5 Å².